The molecule has 1 aliphatic heterocycles. The highest BCUT2D eigenvalue weighted by molar-refractivity contribution is 6.90. The van der Waals surface area contributed by atoms with E-state index in [0.29, 0.717) is 23.2 Å². The molecule has 0 aromatic heterocycles. The molecule has 142 valence electrons. The van der Waals surface area contributed by atoms with Crippen LogP contribution in [0.4, 0.5) is 0 Å². The van der Waals surface area contributed by atoms with Crippen LogP contribution in [-0.4, -0.2) is 20.5 Å². The van der Waals surface area contributed by atoms with Crippen molar-refractivity contribution in [3.05, 3.63) is 48.0 Å². The van der Waals surface area contributed by atoms with Crippen molar-refractivity contribution in [1.29, 1.82) is 0 Å². The number of ether oxygens (including phenoxy) is 2. The van der Waals surface area contributed by atoms with Gasteiger partial charge in [-0.3, -0.25) is 0 Å². The largest absolute Gasteiger partial charge is 0.344 e. The Morgan fingerprint density at radius 1 is 1.04 bits per heavy atom. The van der Waals surface area contributed by atoms with Crippen molar-refractivity contribution in [2.24, 2.45) is 0 Å². The molecule has 1 aliphatic rings. The molecular weight excluding hydrogens is 336 g/mol. The lowest BCUT2D eigenvalue weighted by Crippen LogP contribution is -2.43. The first kappa shape index (κ1) is 21.0. The Balaban J connectivity index is 2.04. The molecule has 0 fully saturated rings. The van der Waals surface area contributed by atoms with Gasteiger partial charge in [-0.1, -0.05) is 83.9 Å². The van der Waals surface area contributed by atoms with Gasteiger partial charge in [-0.15, -0.1) is 5.54 Å². The molecule has 0 amide bonds. The lowest BCUT2D eigenvalue weighted by molar-refractivity contribution is -0.139. The van der Waals surface area contributed by atoms with Gasteiger partial charge in [0.1, 0.15) is 14.2 Å². The summed E-state index contributed by atoms with van der Waals surface area (Å²) in [6.07, 6.45) is 4.61. The van der Waals surface area contributed by atoms with E-state index in [2.05, 4.69) is 71.2 Å². The zero-order valence-electron chi connectivity index (χ0n) is 17.2. The smallest absolute Gasteiger partial charge is 0.178 e. The molecule has 2 atom stereocenters. The predicted octanol–water partition coefficient (Wildman–Crippen LogP) is 6.10. The first-order chi connectivity index (χ1) is 12.4. The monoisotopic (exact) mass is 370 g/mol. The van der Waals surface area contributed by atoms with Gasteiger partial charge in [0.2, 0.25) is 0 Å². The van der Waals surface area contributed by atoms with Crippen LogP contribution in [0.3, 0.4) is 0 Å². The highest BCUT2D eigenvalue weighted by atomic mass is 28.3. The summed E-state index contributed by atoms with van der Waals surface area (Å²) in [6, 6.07) is 10.2. The molecule has 3 heteroatoms. The summed E-state index contributed by atoms with van der Waals surface area (Å²) < 4.78 is 12.0. The second-order valence-electron chi connectivity index (χ2n) is 8.12. The molecule has 2 nitrogen and oxygen atoms in total. The van der Waals surface area contributed by atoms with Gasteiger partial charge in [-0.25, -0.2) is 0 Å². The Morgan fingerprint density at radius 3 is 2.23 bits per heavy atom. The van der Waals surface area contributed by atoms with E-state index in [4.69, 9.17) is 9.47 Å². The van der Waals surface area contributed by atoms with Crippen LogP contribution >= 0.6 is 0 Å². The molecule has 0 spiro atoms. The maximum absolute atomic E-state index is 6.08. The Labute approximate surface area is 161 Å². The van der Waals surface area contributed by atoms with E-state index in [-0.39, 0.29) is 12.4 Å². The van der Waals surface area contributed by atoms with Crippen molar-refractivity contribution in [3.63, 3.8) is 0 Å². The van der Waals surface area contributed by atoms with Crippen LogP contribution in [0, 0.1) is 11.5 Å². The Bertz CT molecular complexity index is 615. The third kappa shape index (κ3) is 5.10. The normalized spacial score (nSPS) is 20.5. The van der Waals surface area contributed by atoms with Crippen molar-refractivity contribution < 1.29 is 9.47 Å². The van der Waals surface area contributed by atoms with Crippen molar-refractivity contribution in [1.82, 2.24) is 0 Å². The van der Waals surface area contributed by atoms with Gasteiger partial charge in [-0.2, -0.15) is 0 Å². The van der Waals surface area contributed by atoms with Crippen LogP contribution in [0.15, 0.2) is 42.5 Å². The first-order valence-corrected chi connectivity index (χ1v) is 12.1. The second kappa shape index (κ2) is 9.55. The molecule has 26 heavy (non-hydrogen) atoms. The van der Waals surface area contributed by atoms with Crippen molar-refractivity contribution in [2.45, 2.75) is 83.6 Å². The molecule has 1 aromatic rings. The average Bonchev–Trinajstić information content (AvgIpc) is 2.61. The van der Waals surface area contributed by atoms with Gasteiger partial charge < -0.3 is 9.47 Å². The van der Waals surface area contributed by atoms with Gasteiger partial charge in [0, 0.05) is 6.42 Å². The van der Waals surface area contributed by atoms with Crippen LogP contribution in [0.1, 0.15) is 53.5 Å². The fourth-order valence-corrected chi connectivity index (χ4v) is 9.43. The van der Waals surface area contributed by atoms with Crippen molar-refractivity contribution >= 4 is 8.07 Å². The molecule has 0 bridgehead atoms. The molecule has 0 radical (unpaired) electrons. The van der Waals surface area contributed by atoms with Gasteiger partial charge >= 0.3 is 0 Å². The molecule has 0 saturated carbocycles. The summed E-state index contributed by atoms with van der Waals surface area (Å²) in [7, 11) is -1.71. The van der Waals surface area contributed by atoms with Gasteiger partial charge in [0.25, 0.3) is 0 Å². The Kier molecular flexibility index (Phi) is 7.70. The lowest BCUT2D eigenvalue weighted by Gasteiger charge is -2.38. The highest BCUT2D eigenvalue weighted by Gasteiger charge is 2.41. The number of rotatable bonds is 6. The predicted molar refractivity (Wildman–Crippen MR) is 112 cm³/mol. The topological polar surface area (TPSA) is 18.5 Å². The quantitative estimate of drug-likeness (QED) is 0.342. The van der Waals surface area contributed by atoms with Crippen LogP contribution in [-0.2, 0) is 16.1 Å². The standard InChI is InChI=1S/C23H34O2Si/c1-18(2)26(19(3)4,20(5)6)16-15-22-13-10-14-23(25-22)24-17-21-11-8-7-9-12-21/h7-12,14,18-20,22-23H,13,17H2,1-6H3/t22-,23+/m1/s1. The minimum atomic E-state index is -1.71. The zero-order valence-corrected chi connectivity index (χ0v) is 18.2. The van der Waals surface area contributed by atoms with E-state index < -0.39 is 8.07 Å². The maximum atomic E-state index is 6.08. The van der Waals surface area contributed by atoms with Crippen LogP contribution in [0.2, 0.25) is 16.6 Å². The number of benzene rings is 1. The molecule has 0 saturated heterocycles. The molecule has 1 heterocycles. The Hall–Kier alpha value is -1.34. The van der Waals surface area contributed by atoms with E-state index in [1.165, 1.54) is 0 Å². The second-order valence-corrected chi connectivity index (χ2v) is 13.7. The summed E-state index contributed by atoms with van der Waals surface area (Å²) in [6.45, 7) is 14.6. The molecule has 0 unspecified atom stereocenters. The van der Waals surface area contributed by atoms with E-state index in [0.717, 1.165) is 12.0 Å². The summed E-state index contributed by atoms with van der Waals surface area (Å²) in [4.78, 5) is 0. The zero-order chi connectivity index (χ0) is 19.2. The van der Waals surface area contributed by atoms with Gasteiger partial charge in [0.15, 0.2) is 6.29 Å². The van der Waals surface area contributed by atoms with E-state index >= 15 is 0 Å². The van der Waals surface area contributed by atoms with Crippen molar-refractivity contribution in [3.8, 4) is 11.5 Å². The molecule has 1 aromatic carbocycles. The summed E-state index contributed by atoms with van der Waals surface area (Å²) in [5.41, 5.74) is 6.84. The SMILES string of the molecule is CC(C)[Si](C#C[C@H]1CC=C[C@@H](OCc2ccccc2)O1)(C(C)C)C(C)C. The van der Waals surface area contributed by atoms with Crippen LogP contribution < -0.4 is 0 Å². The maximum Gasteiger partial charge on any atom is 0.178 e. The molecule has 0 aliphatic carbocycles. The fraction of sp³-hybridized carbons (Fsp3) is 0.565. The van der Waals surface area contributed by atoms with Crippen molar-refractivity contribution in [2.75, 3.05) is 0 Å². The number of hydrogen-bond donors (Lipinski definition) is 0. The van der Waals surface area contributed by atoms with E-state index in [1.807, 2.05) is 24.3 Å². The minimum Gasteiger partial charge on any atom is -0.344 e. The summed E-state index contributed by atoms with van der Waals surface area (Å²) in [5, 5.41) is 0. The van der Waals surface area contributed by atoms with Gasteiger partial charge in [0.05, 0.1) is 6.61 Å². The molecule has 2 rings (SSSR count). The van der Waals surface area contributed by atoms with Gasteiger partial charge in [-0.05, 0) is 28.3 Å². The van der Waals surface area contributed by atoms with E-state index in [9.17, 15) is 0 Å². The fourth-order valence-electron chi connectivity index (χ4n) is 4.15. The number of hydrogen-bond acceptors (Lipinski definition) is 2. The lowest BCUT2D eigenvalue weighted by atomic mass is 10.2. The molecule has 0 N–H and O–H groups in total. The summed E-state index contributed by atoms with van der Waals surface area (Å²) >= 11 is 0. The third-order valence-electron chi connectivity index (χ3n) is 5.51. The first-order valence-electron chi connectivity index (χ1n) is 9.86. The average molecular weight is 371 g/mol. The molecular formula is C23H34O2Si. The summed E-state index contributed by atoms with van der Waals surface area (Å²) in [5.74, 6) is 3.49. The van der Waals surface area contributed by atoms with Crippen LogP contribution in [0.5, 0.6) is 0 Å². The third-order valence-corrected chi connectivity index (χ3v) is 11.8. The van der Waals surface area contributed by atoms with Crippen LogP contribution in [0.25, 0.3) is 0 Å². The minimum absolute atomic E-state index is 0.0658. The Morgan fingerprint density at radius 2 is 1.65 bits per heavy atom. The van der Waals surface area contributed by atoms with E-state index in [1.54, 1.807) is 0 Å². The highest BCUT2D eigenvalue weighted by Crippen LogP contribution is 2.40.